The fraction of sp³-hybridized carbons (Fsp3) is 0.632. The summed E-state index contributed by atoms with van der Waals surface area (Å²) in [6, 6.07) is 8.23. The molecular formula is C19H32ClIN4O. The summed E-state index contributed by atoms with van der Waals surface area (Å²) in [5, 5.41) is 7.67. The van der Waals surface area contributed by atoms with Crippen LogP contribution in [0.5, 0.6) is 0 Å². The number of ether oxygens (including phenoxy) is 1. The number of nitrogens with zero attached hydrogens (tertiary/aromatic N) is 2. The van der Waals surface area contributed by atoms with Gasteiger partial charge in [-0.1, -0.05) is 23.7 Å². The molecule has 1 fully saturated rings. The Hall–Kier alpha value is -0.570. The van der Waals surface area contributed by atoms with Gasteiger partial charge in [0.2, 0.25) is 0 Å². The van der Waals surface area contributed by atoms with Gasteiger partial charge >= 0.3 is 0 Å². The van der Waals surface area contributed by atoms with Crippen molar-refractivity contribution in [3.8, 4) is 0 Å². The van der Waals surface area contributed by atoms with Gasteiger partial charge in [0.15, 0.2) is 5.96 Å². The number of guanidine groups is 1. The molecule has 0 amide bonds. The predicted molar refractivity (Wildman–Crippen MR) is 121 cm³/mol. The Morgan fingerprint density at radius 1 is 1.23 bits per heavy atom. The Bertz CT molecular complexity index is 549. The molecule has 7 heteroatoms. The Labute approximate surface area is 179 Å². The van der Waals surface area contributed by atoms with Gasteiger partial charge in [-0.25, -0.2) is 0 Å². The summed E-state index contributed by atoms with van der Waals surface area (Å²) in [6.07, 6.45) is 3.48. The van der Waals surface area contributed by atoms with E-state index in [9.17, 15) is 0 Å². The first-order valence-corrected chi connectivity index (χ1v) is 9.35. The summed E-state index contributed by atoms with van der Waals surface area (Å²) in [5.41, 5.74) is 1.59. The highest BCUT2D eigenvalue weighted by molar-refractivity contribution is 14.0. The van der Waals surface area contributed by atoms with Crippen LogP contribution in [0, 0.1) is 0 Å². The first-order valence-electron chi connectivity index (χ1n) is 8.98. The molecule has 5 nitrogen and oxygen atoms in total. The normalized spacial score (nSPS) is 15.5. The highest BCUT2D eigenvalue weighted by Gasteiger charge is 2.44. The number of aliphatic imine (C=N–C) groups is 1. The minimum Gasteiger partial charge on any atom is -0.385 e. The van der Waals surface area contributed by atoms with E-state index in [0.29, 0.717) is 0 Å². The minimum atomic E-state index is 0. The van der Waals surface area contributed by atoms with Gasteiger partial charge < -0.3 is 20.3 Å². The van der Waals surface area contributed by atoms with Crippen molar-refractivity contribution in [3.63, 3.8) is 0 Å². The molecule has 1 aliphatic rings. The molecule has 1 aromatic rings. The second-order valence-corrected chi connectivity index (χ2v) is 7.23. The lowest BCUT2D eigenvalue weighted by atomic mass is 9.96. The van der Waals surface area contributed by atoms with Crippen molar-refractivity contribution in [1.29, 1.82) is 0 Å². The number of methoxy groups -OCH3 is 1. The molecule has 0 heterocycles. The van der Waals surface area contributed by atoms with E-state index in [1.54, 1.807) is 7.11 Å². The number of benzene rings is 1. The quantitative estimate of drug-likeness (QED) is 0.227. The van der Waals surface area contributed by atoms with E-state index in [4.69, 9.17) is 16.3 Å². The Kier molecular flexibility index (Phi) is 10.8. The zero-order valence-corrected chi connectivity index (χ0v) is 19.1. The topological polar surface area (TPSA) is 48.9 Å². The van der Waals surface area contributed by atoms with Crippen molar-refractivity contribution >= 4 is 41.5 Å². The van der Waals surface area contributed by atoms with Crippen LogP contribution in [0.25, 0.3) is 0 Å². The van der Waals surface area contributed by atoms with Crippen molar-refractivity contribution in [2.75, 3.05) is 54.0 Å². The number of hydrogen-bond donors (Lipinski definition) is 2. The van der Waals surface area contributed by atoms with Gasteiger partial charge in [-0.2, -0.15) is 0 Å². The van der Waals surface area contributed by atoms with Crippen LogP contribution in [-0.2, 0) is 10.2 Å². The zero-order valence-electron chi connectivity index (χ0n) is 16.1. The highest BCUT2D eigenvalue weighted by Crippen LogP contribution is 2.47. The predicted octanol–water partition coefficient (Wildman–Crippen LogP) is 3.12. The summed E-state index contributed by atoms with van der Waals surface area (Å²) in [7, 11) is 5.70. The van der Waals surface area contributed by atoms with Gasteiger partial charge in [0.1, 0.15) is 0 Å². The van der Waals surface area contributed by atoms with Crippen LogP contribution in [0.4, 0.5) is 0 Å². The molecule has 0 aromatic heterocycles. The van der Waals surface area contributed by atoms with Gasteiger partial charge in [-0.05, 0) is 44.0 Å². The van der Waals surface area contributed by atoms with E-state index in [-0.39, 0.29) is 29.4 Å². The van der Waals surface area contributed by atoms with Crippen molar-refractivity contribution in [3.05, 3.63) is 34.9 Å². The average molecular weight is 495 g/mol. The monoisotopic (exact) mass is 494 g/mol. The first kappa shape index (κ1) is 23.5. The molecule has 0 saturated heterocycles. The zero-order chi connectivity index (χ0) is 18.1. The van der Waals surface area contributed by atoms with Crippen LogP contribution in [-0.4, -0.2) is 64.9 Å². The van der Waals surface area contributed by atoms with Crippen molar-refractivity contribution in [1.82, 2.24) is 15.5 Å². The molecule has 148 valence electrons. The number of rotatable bonds is 10. The van der Waals surface area contributed by atoms with E-state index in [1.807, 2.05) is 19.2 Å². The molecule has 0 aliphatic heterocycles. The van der Waals surface area contributed by atoms with Crippen molar-refractivity contribution in [2.24, 2.45) is 4.99 Å². The molecule has 1 aromatic carbocycles. The lowest BCUT2D eigenvalue weighted by Gasteiger charge is -2.21. The lowest BCUT2D eigenvalue weighted by molar-refractivity contribution is 0.180. The molecule has 2 N–H and O–H groups in total. The molecule has 0 radical (unpaired) electrons. The van der Waals surface area contributed by atoms with Gasteiger partial charge in [-0.3, -0.25) is 4.99 Å². The second kappa shape index (κ2) is 12.0. The number of halogens is 2. The number of hydrogen-bond acceptors (Lipinski definition) is 3. The smallest absolute Gasteiger partial charge is 0.191 e. The van der Waals surface area contributed by atoms with Crippen LogP contribution < -0.4 is 10.6 Å². The molecule has 1 aliphatic carbocycles. The average Bonchev–Trinajstić information content (AvgIpc) is 3.40. The standard InChI is InChI=1S/C19H31ClN4O.HI/c1-21-18(22-11-13-24(2)12-4-14-25-3)23-15-19(9-10-19)16-5-7-17(20)8-6-16;/h5-8H,4,9-15H2,1-3H3,(H2,21,22,23);1H. The lowest BCUT2D eigenvalue weighted by Crippen LogP contribution is -2.43. The second-order valence-electron chi connectivity index (χ2n) is 6.79. The molecule has 1 saturated carbocycles. The molecule has 26 heavy (non-hydrogen) atoms. The Morgan fingerprint density at radius 2 is 1.92 bits per heavy atom. The van der Waals surface area contributed by atoms with Crippen LogP contribution in [0.1, 0.15) is 24.8 Å². The van der Waals surface area contributed by atoms with Gasteiger partial charge in [0.05, 0.1) is 0 Å². The Balaban J connectivity index is 0.00000338. The van der Waals surface area contributed by atoms with Crippen LogP contribution in [0.3, 0.4) is 0 Å². The summed E-state index contributed by atoms with van der Waals surface area (Å²) < 4.78 is 5.09. The fourth-order valence-corrected chi connectivity index (χ4v) is 3.08. The van der Waals surface area contributed by atoms with E-state index in [2.05, 4.69) is 39.7 Å². The third-order valence-corrected chi connectivity index (χ3v) is 5.05. The van der Waals surface area contributed by atoms with Crippen molar-refractivity contribution < 1.29 is 4.74 Å². The van der Waals surface area contributed by atoms with E-state index < -0.39 is 0 Å². The fourth-order valence-electron chi connectivity index (χ4n) is 2.95. The largest absolute Gasteiger partial charge is 0.385 e. The number of nitrogens with one attached hydrogen (secondary N) is 2. The Morgan fingerprint density at radius 3 is 2.50 bits per heavy atom. The summed E-state index contributed by atoms with van der Waals surface area (Å²) in [5.74, 6) is 0.866. The summed E-state index contributed by atoms with van der Waals surface area (Å²) >= 11 is 6.00. The first-order chi connectivity index (χ1) is 12.1. The third kappa shape index (κ3) is 7.58. The summed E-state index contributed by atoms with van der Waals surface area (Å²) in [6.45, 7) is 4.61. The van der Waals surface area contributed by atoms with Crippen LogP contribution in [0.2, 0.25) is 5.02 Å². The van der Waals surface area contributed by atoms with Gasteiger partial charge in [-0.15, -0.1) is 24.0 Å². The minimum absolute atomic E-state index is 0. The molecule has 0 bridgehead atoms. The van der Waals surface area contributed by atoms with Gasteiger partial charge in [0.25, 0.3) is 0 Å². The molecule has 2 rings (SSSR count). The maximum Gasteiger partial charge on any atom is 0.191 e. The van der Waals surface area contributed by atoms with Crippen LogP contribution in [0.15, 0.2) is 29.3 Å². The molecule has 0 spiro atoms. The summed E-state index contributed by atoms with van der Waals surface area (Å²) in [4.78, 5) is 6.63. The highest BCUT2D eigenvalue weighted by atomic mass is 127. The third-order valence-electron chi connectivity index (χ3n) is 4.80. The molecule has 0 unspecified atom stereocenters. The van der Waals surface area contributed by atoms with E-state index >= 15 is 0 Å². The molecule has 0 atom stereocenters. The SMILES string of the molecule is CN=C(NCCN(C)CCCOC)NCC1(c2ccc(Cl)cc2)CC1.I. The maximum absolute atomic E-state index is 6.00. The van der Waals surface area contributed by atoms with Crippen LogP contribution >= 0.6 is 35.6 Å². The maximum atomic E-state index is 6.00. The molecular weight excluding hydrogens is 463 g/mol. The number of likely N-dealkylation sites (N-methyl/N-ethyl adjacent to an activating group) is 1. The van der Waals surface area contributed by atoms with E-state index in [1.165, 1.54) is 18.4 Å². The van der Waals surface area contributed by atoms with Crippen molar-refractivity contribution in [2.45, 2.75) is 24.7 Å². The van der Waals surface area contributed by atoms with E-state index in [0.717, 1.165) is 50.2 Å². The van der Waals surface area contributed by atoms with Gasteiger partial charge in [0, 0.05) is 57.4 Å².